The van der Waals surface area contributed by atoms with E-state index in [1.54, 1.807) is 12.4 Å². The maximum atomic E-state index is 5.70. The fourth-order valence-corrected chi connectivity index (χ4v) is 4.19. The predicted octanol–water partition coefficient (Wildman–Crippen LogP) is 0.768. The summed E-state index contributed by atoms with van der Waals surface area (Å²) < 4.78 is 7.83. The normalized spacial score (nSPS) is 17.5. The summed E-state index contributed by atoms with van der Waals surface area (Å²) in [5.74, 6) is 3.05. The van der Waals surface area contributed by atoms with Crippen molar-refractivity contribution in [3.8, 4) is 11.4 Å². The van der Waals surface area contributed by atoms with Crippen LogP contribution >= 0.6 is 0 Å². The molecule has 2 saturated heterocycles. The van der Waals surface area contributed by atoms with Gasteiger partial charge in [0.15, 0.2) is 22.8 Å². The lowest BCUT2D eigenvalue weighted by molar-refractivity contribution is 0.122. The largest absolute Gasteiger partial charge is 0.378 e. The quantitative estimate of drug-likeness (QED) is 0.590. The second-order valence-electron chi connectivity index (χ2n) is 8.63. The molecule has 11 heteroatoms. The summed E-state index contributed by atoms with van der Waals surface area (Å²) >= 11 is 0. The van der Waals surface area contributed by atoms with Gasteiger partial charge in [-0.3, -0.25) is 4.57 Å². The highest BCUT2D eigenvalue weighted by atomic mass is 16.5. The molecular formula is C21H30N10O. The lowest BCUT2D eigenvalue weighted by atomic mass is 10.2. The van der Waals surface area contributed by atoms with Gasteiger partial charge in [0.2, 0.25) is 11.9 Å². The van der Waals surface area contributed by atoms with Crippen molar-refractivity contribution in [2.24, 2.45) is 5.92 Å². The van der Waals surface area contributed by atoms with Gasteiger partial charge in [-0.15, -0.1) is 0 Å². The van der Waals surface area contributed by atoms with E-state index in [9.17, 15) is 0 Å². The monoisotopic (exact) mass is 438 g/mol. The molecule has 3 aromatic rings. The molecule has 0 amide bonds. The van der Waals surface area contributed by atoms with Crippen LogP contribution in [0.3, 0.4) is 0 Å². The molecule has 2 fully saturated rings. The van der Waals surface area contributed by atoms with Gasteiger partial charge in [0.25, 0.3) is 0 Å². The summed E-state index contributed by atoms with van der Waals surface area (Å²) in [4.78, 5) is 27.9. The number of aromatic nitrogens is 6. The molecule has 0 bridgehead atoms. The molecule has 0 atom stereocenters. The van der Waals surface area contributed by atoms with Crippen LogP contribution in [0.1, 0.15) is 13.8 Å². The van der Waals surface area contributed by atoms with E-state index in [4.69, 9.17) is 25.4 Å². The zero-order valence-electron chi connectivity index (χ0n) is 18.7. The number of nitrogens with one attached hydrogen (secondary N) is 1. The van der Waals surface area contributed by atoms with Crippen molar-refractivity contribution >= 4 is 28.9 Å². The number of piperazine rings is 1. The number of rotatable bonds is 5. The molecule has 0 saturated carbocycles. The number of nitrogen functional groups attached to an aromatic ring is 1. The third-order valence-corrected chi connectivity index (χ3v) is 5.74. The Bertz CT molecular complexity index is 1070. The smallest absolute Gasteiger partial charge is 0.219 e. The zero-order chi connectivity index (χ0) is 22.1. The third kappa shape index (κ3) is 4.05. The number of nitrogens with zero attached hydrogens (tertiary/aromatic N) is 8. The Labute approximate surface area is 187 Å². The maximum absolute atomic E-state index is 5.70. The Kier molecular flexibility index (Phi) is 5.75. The molecule has 5 rings (SSSR count). The van der Waals surface area contributed by atoms with Gasteiger partial charge in [-0.1, -0.05) is 13.8 Å². The van der Waals surface area contributed by atoms with Gasteiger partial charge in [-0.05, 0) is 5.92 Å². The standard InChI is InChI=1S/C21H30N10O/c1-14(2)13-31-19-16(26-21(31)30-5-3-23-4-6-30)18(29-7-9-32-10-8-29)27-17(28-19)15-11-24-20(22)25-12-15/h11-12,14,23H,3-10,13H2,1-2H3,(H2,22,24,25). The van der Waals surface area contributed by atoms with E-state index in [0.29, 0.717) is 25.0 Å². The molecule has 3 aromatic heterocycles. The number of anilines is 3. The van der Waals surface area contributed by atoms with Crippen molar-refractivity contribution < 1.29 is 4.74 Å². The van der Waals surface area contributed by atoms with Crippen LogP contribution in [0.4, 0.5) is 17.7 Å². The fourth-order valence-electron chi connectivity index (χ4n) is 4.19. The van der Waals surface area contributed by atoms with Crippen molar-refractivity contribution in [1.82, 2.24) is 34.8 Å². The summed E-state index contributed by atoms with van der Waals surface area (Å²) in [6.07, 6.45) is 3.35. The van der Waals surface area contributed by atoms with E-state index in [0.717, 1.165) is 74.3 Å². The van der Waals surface area contributed by atoms with Crippen LogP contribution in [-0.2, 0) is 11.3 Å². The molecule has 11 nitrogen and oxygen atoms in total. The molecule has 0 unspecified atom stereocenters. The van der Waals surface area contributed by atoms with Crippen molar-refractivity contribution in [2.75, 3.05) is 68.0 Å². The van der Waals surface area contributed by atoms with Crippen LogP contribution in [0.15, 0.2) is 12.4 Å². The van der Waals surface area contributed by atoms with Crippen molar-refractivity contribution in [2.45, 2.75) is 20.4 Å². The third-order valence-electron chi connectivity index (χ3n) is 5.74. The Morgan fingerprint density at radius 1 is 1.00 bits per heavy atom. The number of hydrogen-bond acceptors (Lipinski definition) is 10. The van der Waals surface area contributed by atoms with Gasteiger partial charge in [0.1, 0.15) is 0 Å². The van der Waals surface area contributed by atoms with E-state index in [-0.39, 0.29) is 5.95 Å². The highest BCUT2D eigenvalue weighted by Gasteiger charge is 2.26. The summed E-state index contributed by atoms with van der Waals surface area (Å²) in [6.45, 7) is 11.9. The summed E-state index contributed by atoms with van der Waals surface area (Å²) in [5.41, 5.74) is 8.11. The van der Waals surface area contributed by atoms with Gasteiger partial charge < -0.3 is 25.6 Å². The maximum Gasteiger partial charge on any atom is 0.219 e. The number of ether oxygens (including phenoxy) is 1. The van der Waals surface area contributed by atoms with Crippen molar-refractivity contribution in [1.29, 1.82) is 0 Å². The second-order valence-corrected chi connectivity index (χ2v) is 8.63. The Morgan fingerprint density at radius 2 is 1.72 bits per heavy atom. The van der Waals surface area contributed by atoms with E-state index in [1.807, 2.05) is 0 Å². The van der Waals surface area contributed by atoms with Gasteiger partial charge in [-0.25, -0.2) is 24.9 Å². The molecule has 2 aliphatic rings. The number of imidazole rings is 1. The first-order valence-corrected chi connectivity index (χ1v) is 11.2. The molecule has 0 aromatic carbocycles. The molecule has 3 N–H and O–H groups in total. The summed E-state index contributed by atoms with van der Waals surface area (Å²) in [5, 5.41) is 3.42. The fraction of sp³-hybridized carbons (Fsp3) is 0.571. The van der Waals surface area contributed by atoms with E-state index >= 15 is 0 Å². The van der Waals surface area contributed by atoms with Gasteiger partial charge in [0.05, 0.1) is 18.8 Å². The van der Waals surface area contributed by atoms with Crippen LogP contribution < -0.4 is 20.9 Å². The van der Waals surface area contributed by atoms with Crippen molar-refractivity contribution in [3.63, 3.8) is 0 Å². The predicted molar refractivity (Wildman–Crippen MR) is 124 cm³/mol. The first-order valence-electron chi connectivity index (χ1n) is 11.2. The topological polar surface area (TPSA) is 123 Å². The number of fused-ring (bicyclic) bond motifs is 1. The number of hydrogen-bond donors (Lipinski definition) is 2. The van der Waals surface area contributed by atoms with Crippen molar-refractivity contribution in [3.05, 3.63) is 12.4 Å². The summed E-state index contributed by atoms with van der Waals surface area (Å²) in [6, 6.07) is 0. The molecule has 2 aliphatic heterocycles. The molecule has 0 radical (unpaired) electrons. The van der Waals surface area contributed by atoms with Gasteiger partial charge in [-0.2, -0.15) is 0 Å². The van der Waals surface area contributed by atoms with Gasteiger partial charge in [0, 0.05) is 58.2 Å². The molecular weight excluding hydrogens is 408 g/mol. The highest BCUT2D eigenvalue weighted by Crippen LogP contribution is 2.32. The van der Waals surface area contributed by atoms with Gasteiger partial charge >= 0.3 is 0 Å². The van der Waals surface area contributed by atoms with Crippen LogP contribution in [0, 0.1) is 5.92 Å². The Balaban J connectivity index is 1.71. The SMILES string of the molecule is CC(C)Cn1c(N2CCNCC2)nc2c(N3CCOCC3)nc(-c3cnc(N)nc3)nc21. The minimum absolute atomic E-state index is 0.231. The molecule has 0 aliphatic carbocycles. The van der Waals surface area contributed by atoms with Crippen LogP contribution in [-0.4, -0.2) is 82.0 Å². The molecule has 170 valence electrons. The first kappa shape index (κ1) is 20.8. The molecule has 32 heavy (non-hydrogen) atoms. The number of nitrogens with two attached hydrogens (primary N) is 1. The number of morpholine rings is 1. The molecule has 0 spiro atoms. The zero-order valence-corrected chi connectivity index (χ0v) is 18.7. The Morgan fingerprint density at radius 3 is 2.41 bits per heavy atom. The van der Waals surface area contributed by atoms with Crippen LogP contribution in [0.25, 0.3) is 22.6 Å². The minimum atomic E-state index is 0.231. The van der Waals surface area contributed by atoms with E-state index < -0.39 is 0 Å². The average molecular weight is 439 g/mol. The Hall–Kier alpha value is -3.05. The highest BCUT2D eigenvalue weighted by molar-refractivity contribution is 5.88. The van der Waals surface area contributed by atoms with E-state index in [1.165, 1.54) is 0 Å². The minimum Gasteiger partial charge on any atom is -0.378 e. The molecule has 5 heterocycles. The first-order chi connectivity index (χ1) is 15.6. The summed E-state index contributed by atoms with van der Waals surface area (Å²) in [7, 11) is 0. The second kappa shape index (κ2) is 8.83. The van der Waals surface area contributed by atoms with Crippen LogP contribution in [0.2, 0.25) is 0 Å². The lowest BCUT2D eigenvalue weighted by Gasteiger charge is -2.29. The average Bonchev–Trinajstić information content (AvgIpc) is 3.18. The van der Waals surface area contributed by atoms with Crippen LogP contribution in [0.5, 0.6) is 0 Å². The lowest BCUT2D eigenvalue weighted by Crippen LogP contribution is -2.44. The van der Waals surface area contributed by atoms with E-state index in [2.05, 4.69) is 43.5 Å².